The van der Waals surface area contributed by atoms with E-state index in [0.29, 0.717) is 0 Å². The fourth-order valence-electron chi connectivity index (χ4n) is 7.24. The van der Waals surface area contributed by atoms with Gasteiger partial charge in [0, 0.05) is 40.5 Å². The average Bonchev–Trinajstić information content (AvgIpc) is 3.12. The van der Waals surface area contributed by atoms with Crippen molar-refractivity contribution in [1.82, 2.24) is 4.98 Å². The lowest BCUT2D eigenvalue weighted by molar-refractivity contribution is 0.737. The highest BCUT2D eigenvalue weighted by Gasteiger charge is 2.42. The van der Waals surface area contributed by atoms with Gasteiger partial charge >= 0.3 is 6.85 Å². The van der Waals surface area contributed by atoms with Crippen molar-refractivity contribution in [2.24, 2.45) is 4.99 Å². The van der Waals surface area contributed by atoms with Crippen molar-refractivity contribution in [3.05, 3.63) is 163 Å². The van der Waals surface area contributed by atoms with Crippen LogP contribution in [0.25, 0.3) is 33.4 Å². The molecule has 9 rings (SSSR count). The van der Waals surface area contributed by atoms with Gasteiger partial charge in [0.25, 0.3) is 0 Å². The predicted octanol–water partition coefficient (Wildman–Crippen LogP) is 8.14. The highest BCUT2D eigenvalue weighted by molar-refractivity contribution is 6.92. The van der Waals surface area contributed by atoms with Gasteiger partial charge in [-0.15, -0.1) is 0 Å². The lowest BCUT2D eigenvalue weighted by Crippen LogP contribution is -2.59. The first kappa shape index (κ1) is 25.1. The Kier molecular flexibility index (Phi) is 5.73. The van der Waals surface area contributed by atoms with Crippen LogP contribution >= 0.6 is 0 Å². The lowest BCUT2D eigenvalue weighted by atomic mass is 9.43. The average molecular weight is 561 g/mol. The molecule has 4 heterocycles. The van der Waals surface area contributed by atoms with Crippen molar-refractivity contribution >= 4 is 34.9 Å². The van der Waals surface area contributed by atoms with Crippen molar-refractivity contribution in [1.29, 1.82) is 0 Å². The standard InChI is InChI=1S/C40H28BN3/c1-2-10-27(11-3-1)28-19-21-39-33(24-28)31-13-4-6-15-35(31)41-36-16-7-5-14-32(36)34-25-29(20-22-40(34)44(39)41)37-17-8-18-38(43-37)30-12-9-23-42-26-30/h1-16,18-26,37H,17H2. The largest absolute Gasteiger partial charge is 0.376 e. The Morgan fingerprint density at radius 1 is 0.591 bits per heavy atom. The van der Waals surface area contributed by atoms with E-state index in [2.05, 4.69) is 143 Å². The molecule has 0 radical (unpaired) electrons. The number of hydrogen-bond acceptors (Lipinski definition) is 3. The smallest absolute Gasteiger partial charge is 0.329 e. The van der Waals surface area contributed by atoms with E-state index in [0.717, 1.165) is 17.7 Å². The monoisotopic (exact) mass is 561 g/mol. The third-order valence-corrected chi connectivity index (χ3v) is 9.26. The highest BCUT2D eigenvalue weighted by Crippen LogP contribution is 2.47. The van der Waals surface area contributed by atoms with E-state index in [1.54, 1.807) is 0 Å². The van der Waals surface area contributed by atoms with Crippen LogP contribution in [0.5, 0.6) is 0 Å². The Bertz CT molecular complexity index is 2120. The molecule has 0 N–H and O–H groups in total. The third kappa shape index (κ3) is 3.91. The molecule has 3 nitrogen and oxygen atoms in total. The number of hydrogen-bond donors (Lipinski definition) is 0. The maximum Gasteiger partial charge on any atom is 0.329 e. The summed E-state index contributed by atoms with van der Waals surface area (Å²) in [6, 6.07) is 46.7. The molecule has 0 aliphatic carbocycles. The summed E-state index contributed by atoms with van der Waals surface area (Å²) in [5.74, 6) is 0. The Labute approximate surface area is 258 Å². The number of pyridine rings is 1. The number of anilines is 2. The second kappa shape index (κ2) is 10.1. The molecule has 5 aromatic carbocycles. The van der Waals surface area contributed by atoms with E-state index < -0.39 is 0 Å². The van der Waals surface area contributed by atoms with Crippen LogP contribution in [0.2, 0.25) is 0 Å². The zero-order valence-corrected chi connectivity index (χ0v) is 24.1. The molecule has 1 unspecified atom stereocenters. The number of aliphatic imine (C=N–C) groups is 1. The van der Waals surface area contributed by atoms with Gasteiger partial charge in [0.15, 0.2) is 0 Å². The van der Waals surface area contributed by atoms with Gasteiger partial charge < -0.3 is 4.81 Å². The van der Waals surface area contributed by atoms with Gasteiger partial charge in [0.2, 0.25) is 0 Å². The summed E-state index contributed by atoms with van der Waals surface area (Å²) in [5.41, 5.74) is 16.1. The van der Waals surface area contributed by atoms with Crippen molar-refractivity contribution in [3.8, 4) is 33.4 Å². The topological polar surface area (TPSA) is 28.5 Å². The fraction of sp³-hybridized carbons (Fsp3) is 0.0500. The van der Waals surface area contributed by atoms with E-state index in [-0.39, 0.29) is 12.9 Å². The normalized spacial score (nSPS) is 15.8. The molecule has 206 valence electrons. The predicted molar refractivity (Wildman–Crippen MR) is 184 cm³/mol. The van der Waals surface area contributed by atoms with E-state index >= 15 is 0 Å². The molecule has 0 amide bonds. The maximum atomic E-state index is 5.19. The minimum Gasteiger partial charge on any atom is -0.376 e. The molecule has 3 aliphatic heterocycles. The van der Waals surface area contributed by atoms with Gasteiger partial charge in [-0.3, -0.25) is 9.98 Å². The molecule has 0 spiro atoms. The SMILES string of the molecule is C1=CC(c2cccnc2)=NC(c2ccc3c(c2)-c2ccccc2B2c4ccccc4-c4cc(-c5ccccc5)ccc4N23)C1. The van der Waals surface area contributed by atoms with E-state index in [1.807, 2.05) is 18.5 Å². The molecular weight excluding hydrogens is 533 g/mol. The van der Waals surface area contributed by atoms with Crippen LogP contribution in [0.3, 0.4) is 0 Å². The number of nitrogens with zero attached hydrogens (tertiary/aromatic N) is 3. The first-order valence-corrected chi connectivity index (χ1v) is 15.3. The van der Waals surface area contributed by atoms with Gasteiger partial charge in [-0.1, -0.05) is 97.1 Å². The van der Waals surface area contributed by atoms with Crippen LogP contribution in [0.4, 0.5) is 11.4 Å². The molecule has 3 aliphatic rings. The Morgan fingerprint density at radius 2 is 1.27 bits per heavy atom. The minimum atomic E-state index is 0.0631. The first-order chi connectivity index (χ1) is 21.8. The molecule has 0 saturated carbocycles. The van der Waals surface area contributed by atoms with Crippen molar-refractivity contribution in [2.45, 2.75) is 12.5 Å². The van der Waals surface area contributed by atoms with Crippen LogP contribution in [0.1, 0.15) is 23.6 Å². The van der Waals surface area contributed by atoms with Crippen LogP contribution in [0, 0.1) is 0 Å². The zero-order valence-electron chi connectivity index (χ0n) is 24.1. The van der Waals surface area contributed by atoms with Gasteiger partial charge in [0.1, 0.15) is 0 Å². The van der Waals surface area contributed by atoms with Crippen molar-refractivity contribution in [2.75, 3.05) is 4.81 Å². The summed E-state index contributed by atoms with van der Waals surface area (Å²) in [5, 5.41) is 0. The lowest BCUT2D eigenvalue weighted by Gasteiger charge is -2.43. The fourth-order valence-corrected chi connectivity index (χ4v) is 7.24. The van der Waals surface area contributed by atoms with Crippen LogP contribution < -0.4 is 15.7 Å². The molecule has 1 aromatic heterocycles. The Hall–Kier alpha value is -5.48. The van der Waals surface area contributed by atoms with Crippen LogP contribution in [-0.4, -0.2) is 17.5 Å². The molecular formula is C40H28BN3. The summed E-state index contributed by atoms with van der Waals surface area (Å²) in [6.07, 6.45) is 8.95. The second-order valence-electron chi connectivity index (χ2n) is 11.7. The molecule has 4 heteroatoms. The summed E-state index contributed by atoms with van der Waals surface area (Å²) in [4.78, 5) is 12.1. The number of rotatable bonds is 3. The Morgan fingerprint density at radius 3 is 2.02 bits per heavy atom. The Balaban J connectivity index is 1.22. The molecule has 1 atom stereocenters. The zero-order chi connectivity index (χ0) is 29.0. The first-order valence-electron chi connectivity index (χ1n) is 15.3. The summed E-state index contributed by atoms with van der Waals surface area (Å²) in [6.45, 7) is 0.101. The van der Waals surface area contributed by atoms with Crippen LogP contribution in [0.15, 0.2) is 157 Å². The number of benzene rings is 5. The maximum absolute atomic E-state index is 5.19. The summed E-state index contributed by atoms with van der Waals surface area (Å²) in [7, 11) is 0. The van der Waals surface area contributed by atoms with Crippen molar-refractivity contribution in [3.63, 3.8) is 0 Å². The van der Waals surface area contributed by atoms with Crippen LogP contribution in [-0.2, 0) is 0 Å². The summed E-state index contributed by atoms with van der Waals surface area (Å²) >= 11 is 0. The second-order valence-corrected chi connectivity index (χ2v) is 11.7. The van der Waals surface area contributed by atoms with Gasteiger partial charge in [0.05, 0.1) is 11.8 Å². The number of dihydropyridines is 1. The van der Waals surface area contributed by atoms with Gasteiger partial charge in [-0.2, -0.15) is 0 Å². The van der Waals surface area contributed by atoms with Gasteiger partial charge in [-0.05, 0) is 87.6 Å². The van der Waals surface area contributed by atoms with E-state index in [4.69, 9.17) is 4.99 Å². The van der Waals surface area contributed by atoms with E-state index in [9.17, 15) is 0 Å². The molecule has 6 aromatic rings. The summed E-state index contributed by atoms with van der Waals surface area (Å²) < 4.78 is 0. The minimum absolute atomic E-state index is 0.0631. The molecule has 0 bridgehead atoms. The number of allylic oxidation sites excluding steroid dienone is 1. The quantitative estimate of drug-likeness (QED) is 0.204. The number of fused-ring (bicyclic) bond motifs is 11. The molecule has 0 fully saturated rings. The number of aromatic nitrogens is 1. The van der Waals surface area contributed by atoms with Crippen molar-refractivity contribution < 1.29 is 0 Å². The molecule has 44 heavy (non-hydrogen) atoms. The van der Waals surface area contributed by atoms with Gasteiger partial charge in [-0.25, -0.2) is 0 Å². The highest BCUT2D eigenvalue weighted by atomic mass is 15.1. The van der Waals surface area contributed by atoms with E-state index in [1.165, 1.54) is 61.2 Å². The molecule has 0 saturated heterocycles. The third-order valence-electron chi connectivity index (χ3n) is 9.26.